The minimum Gasteiger partial charge on any atom is -0.374 e. The predicted molar refractivity (Wildman–Crippen MR) is 69.2 cm³/mol. The molecule has 0 bridgehead atoms. The molecule has 3 aliphatic rings. The maximum Gasteiger partial charge on any atom is 0.223 e. The fourth-order valence-corrected chi connectivity index (χ4v) is 3.81. The number of morpholine rings is 1. The lowest BCUT2D eigenvalue weighted by molar-refractivity contribution is -0.172. The van der Waals surface area contributed by atoms with E-state index in [1.54, 1.807) is 0 Å². The highest BCUT2D eigenvalue weighted by Crippen LogP contribution is 2.36. The van der Waals surface area contributed by atoms with Gasteiger partial charge < -0.3 is 15.0 Å². The van der Waals surface area contributed by atoms with Crippen LogP contribution in [0.15, 0.2) is 0 Å². The monoisotopic (exact) mass is 252 g/mol. The average Bonchev–Trinajstić information content (AvgIpc) is 2.56. The maximum atomic E-state index is 12.3. The highest BCUT2D eigenvalue weighted by molar-refractivity contribution is 5.78. The number of hydrogen-bond donors (Lipinski definition) is 1. The summed E-state index contributed by atoms with van der Waals surface area (Å²) in [6.07, 6.45) is 3.04. The van der Waals surface area contributed by atoms with Crippen molar-refractivity contribution in [1.82, 2.24) is 10.2 Å². The van der Waals surface area contributed by atoms with Gasteiger partial charge in [0, 0.05) is 13.0 Å². The van der Waals surface area contributed by atoms with Crippen molar-refractivity contribution in [2.75, 3.05) is 19.7 Å². The number of carbonyl (C=O) groups is 1. The van der Waals surface area contributed by atoms with E-state index < -0.39 is 0 Å². The van der Waals surface area contributed by atoms with Crippen LogP contribution in [0.4, 0.5) is 0 Å². The summed E-state index contributed by atoms with van der Waals surface area (Å²) >= 11 is 0. The first-order chi connectivity index (χ1) is 8.68. The van der Waals surface area contributed by atoms with Crippen LogP contribution >= 0.6 is 0 Å². The van der Waals surface area contributed by atoms with Gasteiger partial charge in [0.15, 0.2) is 0 Å². The zero-order valence-electron chi connectivity index (χ0n) is 11.4. The maximum absolute atomic E-state index is 12.3. The van der Waals surface area contributed by atoms with Crippen LogP contribution in [0.3, 0.4) is 0 Å². The predicted octanol–water partition coefficient (Wildman–Crippen LogP) is 1.01. The van der Waals surface area contributed by atoms with E-state index in [0.29, 0.717) is 23.8 Å². The van der Waals surface area contributed by atoms with Crippen LogP contribution in [0.25, 0.3) is 0 Å². The summed E-state index contributed by atoms with van der Waals surface area (Å²) in [5.74, 6) is 1.41. The SMILES string of the molecule is CC(C)[C@H]1CO[C@@H]2CCNC[C@H]3CCC(=O)N1C32. The highest BCUT2D eigenvalue weighted by Gasteiger charge is 2.48. The Kier molecular flexibility index (Phi) is 3.32. The van der Waals surface area contributed by atoms with Crippen molar-refractivity contribution in [2.45, 2.75) is 51.3 Å². The molecule has 3 rings (SSSR count). The van der Waals surface area contributed by atoms with Crippen LogP contribution in [0.1, 0.15) is 33.1 Å². The molecule has 1 N–H and O–H groups in total. The molecular weight excluding hydrogens is 228 g/mol. The first kappa shape index (κ1) is 12.4. The summed E-state index contributed by atoms with van der Waals surface area (Å²) in [6.45, 7) is 7.17. The Morgan fingerprint density at radius 1 is 1.39 bits per heavy atom. The largest absolute Gasteiger partial charge is 0.374 e. The number of nitrogens with one attached hydrogen (secondary N) is 1. The molecule has 4 heteroatoms. The summed E-state index contributed by atoms with van der Waals surface area (Å²) in [7, 11) is 0. The molecule has 1 unspecified atom stereocenters. The van der Waals surface area contributed by atoms with Gasteiger partial charge in [-0.15, -0.1) is 0 Å². The molecule has 3 heterocycles. The molecule has 0 aromatic rings. The van der Waals surface area contributed by atoms with Crippen LogP contribution in [-0.4, -0.2) is 48.7 Å². The van der Waals surface area contributed by atoms with Gasteiger partial charge in [0.05, 0.1) is 24.8 Å². The first-order valence-electron chi connectivity index (χ1n) is 7.32. The number of piperidine rings is 1. The lowest BCUT2D eigenvalue weighted by Gasteiger charge is -2.52. The second-order valence-corrected chi connectivity index (χ2v) is 6.27. The van der Waals surface area contributed by atoms with Gasteiger partial charge in [0.25, 0.3) is 0 Å². The van der Waals surface area contributed by atoms with E-state index in [1.807, 2.05) is 0 Å². The van der Waals surface area contributed by atoms with Gasteiger partial charge in [0.2, 0.25) is 5.91 Å². The molecule has 0 radical (unpaired) electrons. The molecule has 0 aromatic heterocycles. The molecule has 0 aliphatic carbocycles. The van der Waals surface area contributed by atoms with Gasteiger partial charge in [0.1, 0.15) is 0 Å². The zero-order chi connectivity index (χ0) is 12.7. The van der Waals surface area contributed by atoms with Crippen molar-refractivity contribution in [3.8, 4) is 0 Å². The third-order valence-electron chi connectivity index (χ3n) is 4.82. The Bertz CT molecular complexity index is 324. The van der Waals surface area contributed by atoms with E-state index >= 15 is 0 Å². The third kappa shape index (κ3) is 1.95. The number of amides is 1. The summed E-state index contributed by atoms with van der Waals surface area (Å²) in [5.41, 5.74) is 0. The second kappa shape index (κ2) is 4.82. The van der Waals surface area contributed by atoms with E-state index in [4.69, 9.17) is 4.74 Å². The molecular formula is C14H24N2O2. The smallest absolute Gasteiger partial charge is 0.223 e. The zero-order valence-corrected chi connectivity index (χ0v) is 11.4. The van der Waals surface area contributed by atoms with Crippen molar-refractivity contribution in [3.05, 3.63) is 0 Å². The highest BCUT2D eigenvalue weighted by atomic mass is 16.5. The van der Waals surface area contributed by atoms with Crippen molar-refractivity contribution in [2.24, 2.45) is 11.8 Å². The Morgan fingerprint density at radius 2 is 2.22 bits per heavy atom. The molecule has 3 aliphatic heterocycles. The molecule has 3 saturated heterocycles. The standard InChI is InChI=1S/C14H24N2O2/c1-9(2)11-8-18-12-5-6-15-7-10-3-4-13(17)16(11)14(10)12/h9-12,14-15H,3-8H2,1-2H3/t10-,11-,12-,14?/m1/s1. The van der Waals surface area contributed by atoms with Gasteiger partial charge in [-0.25, -0.2) is 0 Å². The van der Waals surface area contributed by atoms with Gasteiger partial charge >= 0.3 is 0 Å². The van der Waals surface area contributed by atoms with E-state index in [0.717, 1.165) is 39.0 Å². The van der Waals surface area contributed by atoms with E-state index in [-0.39, 0.29) is 12.1 Å². The molecule has 4 nitrogen and oxygen atoms in total. The van der Waals surface area contributed by atoms with E-state index in [1.165, 1.54) is 0 Å². The molecule has 102 valence electrons. The topological polar surface area (TPSA) is 41.6 Å². The minimum absolute atomic E-state index is 0.254. The molecule has 3 fully saturated rings. The van der Waals surface area contributed by atoms with Crippen molar-refractivity contribution in [3.63, 3.8) is 0 Å². The molecule has 0 spiro atoms. The summed E-state index contributed by atoms with van der Waals surface area (Å²) in [6, 6.07) is 0.599. The van der Waals surface area contributed by atoms with Gasteiger partial charge in [-0.1, -0.05) is 13.8 Å². The fourth-order valence-electron chi connectivity index (χ4n) is 3.81. The number of carbonyl (C=O) groups excluding carboxylic acids is 1. The van der Waals surface area contributed by atoms with Crippen molar-refractivity contribution < 1.29 is 9.53 Å². The normalized spacial score (nSPS) is 40.6. The lowest BCUT2D eigenvalue weighted by Crippen LogP contribution is -2.64. The van der Waals surface area contributed by atoms with Gasteiger partial charge in [-0.2, -0.15) is 0 Å². The van der Waals surface area contributed by atoms with Crippen molar-refractivity contribution >= 4 is 5.91 Å². The number of ether oxygens (including phenoxy) is 1. The Morgan fingerprint density at radius 3 is 3.00 bits per heavy atom. The summed E-state index contributed by atoms with van der Waals surface area (Å²) in [5, 5.41) is 3.50. The van der Waals surface area contributed by atoms with Crippen LogP contribution < -0.4 is 5.32 Å². The Hall–Kier alpha value is -0.610. The molecule has 4 atom stereocenters. The molecule has 18 heavy (non-hydrogen) atoms. The quantitative estimate of drug-likeness (QED) is 0.757. The minimum atomic E-state index is 0.254. The molecule has 0 saturated carbocycles. The summed E-state index contributed by atoms with van der Waals surface area (Å²) in [4.78, 5) is 14.5. The third-order valence-corrected chi connectivity index (χ3v) is 4.82. The van der Waals surface area contributed by atoms with Crippen LogP contribution in [0.2, 0.25) is 0 Å². The van der Waals surface area contributed by atoms with Crippen LogP contribution in [0.5, 0.6) is 0 Å². The molecule has 0 aromatic carbocycles. The van der Waals surface area contributed by atoms with Gasteiger partial charge in [-0.3, -0.25) is 4.79 Å². The van der Waals surface area contributed by atoms with Crippen molar-refractivity contribution in [1.29, 1.82) is 0 Å². The van der Waals surface area contributed by atoms with Crippen LogP contribution in [0, 0.1) is 11.8 Å². The lowest BCUT2D eigenvalue weighted by atomic mass is 9.81. The van der Waals surface area contributed by atoms with E-state index in [9.17, 15) is 4.79 Å². The Balaban J connectivity index is 1.91. The fraction of sp³-hybridized carbons (Fsp3) is 0.929. The Labute approximate surface area is 109 Å². The number of nitrogens with zero attached hydrogens (tertiary/aromatic N) is 1. The number of rotatable bonds is 1. The van der Waals surface area contributed by atoms with E-state index in [2.05, 4.69) is 24.1 Å². The molecule has 1 amide bonds. The average molecular weight is 252 g/mol. The van der Waals surface area contributed by atoms with Gasteiger partial charge in [-0.05, 0) is 31.2 Å². The second-order valence-electron chi connectivity index (χ2n) is 6.27. The first-order valence-corrected chi connectivity index (χ1v) is 7.32. The summed E-state index contributed by atoms with van der Waals surface area (Å²) < 4.78 is 6.09. The van der Waals surface area contributed by atoms with Crippen LogP contribution in [-0.2, 0) is 9.53 Å². The number of hydrogen-bond acceptors (Lipinski definition) is 3.